The number of nitrogens with two attached hydrogens (primary N) is 1. The highest BCUT2D eigenvalue weighted by atomic mass is 16.5. The summed E-state index contributed by atoms with van der Waals surface area (Å²) < 4.78 is 15.8. The van der Waals surface area contributed by atoms with Gasteiger partial charge in [0, 0.05) is 19.8 Å². The largest absolute Gasteiger partial charge is 0.382 e. The van der Waals surface area contributed by atoms with Crippen molar-refractivity contribution in [1.29, 1.82) is 0 Å². The summed E-state index contributed by atoms with van der Waals surface area (Å²) in [4.78, 5) is 0. The highest BCUT2D eigenvalue weighted by Gasteiger charge is 2.25. The molecule has 0 aromatic rings. The van der Waals surface area contributed by atoms with Crippen molar-refractivity contribution < 1.29 is 14.2 Å². The predicted molar refractivity (Wildman–Crippen MR) is 72.6 cm³/mol. The lowest BCUT2D eigenvalue weighted by molar-refractivity contribution is 0.0195. The van der Waals surface area contributed by atoms with E-state index in [1.165, 1.54) is 19.3 Å². The number of methoxy groups -OCH3 is 1. The van der Waals surface area contributed by atoms with Gasteiger partial charge in [0.2, 0.25) is 0 Å². The van der Waals surface area contributed by atoms with Crippen LogP contribution < -0.4 is 5.73 Å². The van der Waals surface area contributed by atoms with Crippen LogP contribution in [0, 0.1) is 11.8 Å². The summed E-state index contributed by atoms with van der Waals surface area (Å²) in [6.45, 7) is 5.74. The first kappa shape index (κ1) is 15.9. The van der Waals surface area contributed by atoms with E-state index in [1.54, 1.807) is 7.11 Å². The predicted octanol–water partition coefficient (Wildman–Crippen LogP) is 1.82. The van der Waals surface area contributed by atoms with Crippen molar-refractivity contribution in [3.63, 3.8) is 0 Å². The van der Waals surface area contributed by atoms with Crippen molar-refractivity contribution in [2.45, 2.75) is 38.6 Å². The van der Waals surface area contributed by atoms with E-state index in [0.717, 1.165) is 18.9 Å². The third-order valence-electron chi connectivity index (χ3n) is 3.74. The third kappa shape index (κ3) is 6.69. The number of rotatable bonds is 9. The van der Waals surface area contributed by atoms with Crippen molar-refractivity contribution in [3.05, 3.63) is 0 Å². The van der Waals surface area contributed by atoms with Crippen LogP contribution >= 0.6 is 0 Å². The Bertz CT molecular complexity index is 201. The van der Waals surface area contributed by atoms with Gasteiger partial charge >= 0.3 is 0 Å². The summed E-state index contributed by atoms with van der Waals surface area (Å²) in [6.07, 6.45) is 4.80. The number of ether oxygens (including phenoxy) is 3. The first-order valence-electron chi connectivity index (χ1n) is 7.14. The zero-order valence-electron chi connectivity index (χ0n) is 11.9. The van der Waals surface area contributed by atoms with Crippen LogP contribution in [0.5, 0.6) is 0 Å². The number of hydrogen-bond donors (Lipinski definition) is 1. The molecule has 4 heteroatoms. The minimum atomic E-state index is 0.378. The van der Waals surface area contributed by atoms with Gasteiger partial charge in [-0.3, -0.25) is 0 Å². The molecule has 0 aliphatic heterocycles. The Balaban J connectivity index is 1.93. The van der Waals surface area contributed by atoms with Gasteiger partial charge in [-0.2, -0.15) is 0 Å². The second-order valence-electron chi connectivity index (χ2n) is 5.35. The van der Waals surface area contributed by atoms with Gasteiger partial charge in [0.1, 0.15) is 0 Å². The van der Waals surface area contributed by atoms with E-state index in [0.29, 0.717) is 38.4 Å². The molecule has 0 heterocycles. The molecule has 0 spiro atoms. The van der Waals surface area contributed by atoms with Gasteiger partial charge in [0.05, 0.1) is 26.4 Å². The zero-order chi connectivity index (χ0) is 13.2. The molecule has 18 heavy (non-hydrogen) atoms. The summed E-state index contributed by atoms with van der Waals surface area (Å²) in [5.41, 5.74) is 6.14. The molecule has 1 rings (SSSR count). The Kier molecular flexibility index (Phi) is 8.59. The van der Waals surface area contributed by atoms with Gasteiger partial charge in [-0.25, -0.2) is 0 Å². The first-order chi connectivity index (χ1) is 8.74. The van der Waals surface area contributed by atoms with E-state index in [2.05, 4.69) is 6.92 Å². The van der Waals surface area contributed by atoms with E-state index < -0.39 is 0 Å². The van der Waals surface area contributed by atoms with Crippen molar-refractivity contribution in [2.24, 2.45) is 17.6 Å². The van der Waals surface area contributed by atoms with Crippen molar-refractivity contribution in [2.75, 3.05) is 40.1 Å². The molecule has 1 aliphatic rings. The minimum Gasteiger partial charge on any atom is -0.382 e. The molecular weight excluding hydrogens is 230 g/mol. The number of hydrogen-bond acceptors (Lipinski definition) is 4. The molecule has 3 atom stereocenters. The molecule has 1 aliphatic carbocycles. The molecular formula is C14H29NO3. The topological polar surface area (TPSA) is 53.7 Å². The fourth-order valence-corrected chi connectivity index (χ4v) is 2.55. The molecule has 0 aromatic heterocycles. The standard InChI is InChI=1S/C14H29NO3/c1-12-3-4-14(15)13(11-12)5-6-17-9-10-18-8-7-16-2/h12-14H,3-11,15H2,1-2H3. The Morgan fingerprint density at radius 2 is 1.67 bits per heavy atom. The van der Waals surface area contributed by atoms with Crippen LogP contribution in [-0.2, 0) is 14.2 Å². The Hall–Kier alpha value is -0.160. The average molecular weight is 259 g/mol. The van der Waals surface area contributed by atoms with Gasteiger partial charge in [-0.05, 0) is 37.5 Å². The SMILES string of the molecule is COCCOCCOCCC1CC(C)CCC1N. The molecule has 3 unspecified atom stereocenters. The summed E-state index contributed by atoms with van der Waals surface area (Å²) in [7, 11) is 1.67. The van der Waals surface area contributed by atoms with Crippen LogP contribution in [0.2, 0.25) is 0 Å². The van der Waals surface area contributed by atoms with E-state index in [4.69, 9.17) is 19.9 Å². The third-order valence-corrected chi connectivity index (χ3v) is 3.74. The monoisotopic (exact) mass is 259 g/mol. The molecule has 0 amide bonds. The van der Waals surface area contributed by atoms with Crippen LogP contribution in [0.15, 0.2) is 0 Å². The lowest BCUT2D eigenvalue weighted by Crippen LogP contribution is -2.36. The zero-order valence-corrected chi connectivity index (χ0v) is 11.9. The molecule has 2 N–H and O–H groups in total. The molecule has 0 radical (unpaired) electrons. The molecule has 1 fully saturated rings. The molecule has 1 saturated carbocycles. The summed E-state index contributed by atoms with van der Waals surface area (Å²) in [6, 6.07) is 0.378. The van der Waals surface area contributed by atoms with E-state index in [-0.39, 0.29) is 0 Å². The van der Waals surface area contributed by atoms with Crippen molar-refractivity contribution in [1.82, 2.24) is 0 Å². The maximum atomic E-state index is 6.14. The quantitative estimate of drug-likeness (QED) is 0.642. The van der Waals surface area contributed by atoms with Crippen molar-refractivity contribution in [3.8, 4) is 0 Å². The van der Waals surface area contributed by atoms with E-state index in [9.17, 15) is 0 Å². The first-order valence-corrected chi connectivity index (χ1v) is 7.14. The Morgan fingerprint density at radius 1 is 1.00 bits per heavy atom. The Morgan fingerprint density at radius 3 is 2.39 bits per heavy atom. The fourth-order valence-electron chi connectivity index (χ4n) is 2.55. The maximum Gasteiger partial charge on any atom is 0.0701 e. The van der Waals surface area contributed by atoms with Gasteiger partial charge in [0.25, 0.3) is 0 Å². The van der Waals surface area contributed by atoms with Crippen LogP contribution in [0.1, 0.15) is 32.6 Å². The lowest BCUT2D eigenvalue weighted by atomic mass is 9.78. The fraction of sp³-hybridized carbons (Fsp3) is 1.00. The van der Waals surface area contributed by atoms with E-state index in [1.807, 2.05) is 0 Å². The van der Waals surface area contributed by atoms with Crippen LogP contribution in [-0.4, -0.2) is 46.2 Å². The van der Waals surface area contributed by atoms with Crippen molar-refractivity contribution >= 4 is 0 Å². The summed E-state index contributed by atoms with van der Waals surface area (Å²) in [5, 5.41) is 0. The summed E-state index contributed by atoms with van der Waals surface area (Å²) >= 11 is 0. The average Bonchev–Trinajstić information content (AvgIpc) is 2.36. The van der Waals surface area contributed by atoms with Gasteiger partial charge in [-0.15, -0.1) is 0 Å². The lowest BCUT2D eigenvalue weighted by Gasteiger charge is -2.32. The second kappa shape index (κ2) is 9.73. The molecule has 0 aromatic carbocycles. The van der Waals surface area contributed by atoms with Gasteiger partial charge in [-0.1, -0.05) is 6.92 Å². The van der Waals surface area contributed by atoms with Gasteiger partial charge in [0.15, 0.2) is 0 Å². The normalized spacial score (nSPS) is 28.5. The Labute approximate surface area is 111 Å². The van der Waals surface area contributed by atoms with Crippen LogP contribution in [0.4, 0.5) is 0 Å². The molecule has 0 bridgehead atoms. The van der Waals surface area contributed by atoms with E-state index >= 15 is 0 Å². The second-order valence-corrected chi connectivity index (χ2v) is 5.35. The van der Waals surface area contributed by atoms with Crippen LogP contribution in [0.3, 0.4) is 0 Å². The maximum absolute atomic E-state index is 6.14. The minimum absolute atomic E-state index is 0.378. The molecule has 4 nitrogen and oxygen atoms in total. The smallest absolute Gasteiger partial charge is 0.0701 e. The van der Waals surface area contributed by atoms with Crippen LogP contribution in [0.25, 0.3) is 0 Å². The van der Waals surface area contributed by atoms with Gasteiger partial charge < -0.3 is 19.9 Å². The highest BCUT2D eigenvalue weighted by Crippen LogP contribution is 2.29. The summed E-state index contributed by atoms with van der Waals surface area (Å²) in [5.74, 6) is 1.47. The molecule has 0 saturated heterocycles. The molecule has 108 valence electrons. The highest BCUT2D eigenvalue weighted by molar-refractivity contribution is 4.80.